The normalized spacial score (nSPS) is 27.6. The van der Waals surface area contributed by atoms with E-state index < -0.39 is 0 Å². The number of hydrogen-bond acceptors (Lipinski definition) is 2. The van der Waals surface area contributed by atoms with E-state index in [1.165, 1.54) is 24.2 Å². The zero-order chi connectivity index (χ0) is 11.3. The molecule has 2 unspecified atom stereocenters. The molecule has 0 aromatic heterocycles. The van der Waals surface area contributed by atoms with E-state index in [4.69, 9.17) is 5.73 Å². The fourth-order valence-electron chi connectivity index (χ4n) is 3.00. The molecule has 1 aromatic rings. The molecule has 1 saturated carbocycles. The minimum atomic E-state index is 0.292. The molecule has 1 heterocycles. The Balaban J connectivity index is 2.07. The van der Waals surface area contributed by atoms with Gasteiger partial charge in [-0.3, -0.25) is 0 Å². The van der Waals surface area contributed by atoms with Crippen LogP contribution in [0.2, 0.25) is 0 Å². The van der Waals surface area contributed by atoms with Gasteiger partial charge in [0, 0.05) is 21.6 Å². The fraction of sp³-hybridized carbons (Fsp3) is 0.571. The third kappa shape index (κ3) is 1.43. The van der Waals surface area contributed by atoms with Crippen LogP contribution in [0.3, 0.4) is 0 Å². The van der Waals surface area contributed by atoms with Crippen LogP contribution in [0.4, 0.5) is 0 Å². The summed E-state index contributed by atoms with van der Waals surface area (Å²) in [5, 5.41) is 0.736. The summed E-state index contributed by atoms with van der Waals surface area (Å²) in [6, 6.07) is 7.08. The van der Waals surface area contributed by atoms with Crippen LogP contribution in [0, 0.1) is 0 Å². The van der Waals surface area contributed by atoms with E-state index in [9.17, 15) is 0 Å². The standard InChI is InChI=1S/C14H19NS/c1-9-8-11-12(4-3-5-13(11)16-9)14(6-7-14)10(2)15/h3-5,9-10H,6-8,15H2,1-2H3. The highest BCUT2D eigenvalue weighted by Crippen LogP contribution is 2.54. The Morgan fingerprint density at radius 2 is 2.19 bits per heavy atom. The highest BCUT2D eigenvalue weighted by atomic mass is 32.2. The van der Waals surface area contributed by atoms with Gasteiger partial charge in [0.1, 0.15) is 0 Å². The van der Waals surface area contributed by atoms with E-state index in [2.05, 4.69) is 32.0 Å². The van der Waals surface area contributed by atoms with Gasteiger partial charge in [-0.25, -0.2) is 0 Å². The summed E-state index contributed by atoms with van der Waals surface area (Å²) in [5.41, 5.74) is 9.65. The van der Waals surface area contributed by atoms with Crippen molar-refractivity contribution < 1.29 is 0 Å². The molecule has 1 nitrogen and oxygen atoms in total. The number of thioether (sulfide) groups is 1. The van der Waals surface area contributed by atoms with Gasteiger partial charge in [-0.2, -0.15) is 0 Å². The van der Waals surface area contributed by atoms with Crippen molar-refractivity contribution in [2.45, 2.75) is 54.7 Å². The van der Waals surface area contributed by atoms with E-state index >= 15 is 0 Å². The van der Waals surface area contributed by atoms with E-state index in [0.717, 1.165) is 5.25 Å². The molecule has 86 valence electrons. The predicted octanol–water partition coefficient (Wildman–Crippen LogP) is 3.10. The first-order valence-electron chi connectivity index (χ1n) is 6.18. The monoisotopic (exact) mass is 233 g/mol. The Hall–Kier alpha value is -0.470. The number of hydrogen-bond donors (Lipinski definition) is 1. The fourth-order valence-corrected chi connectivity index (χ4v) is 4.18. The summed E-state index contributed by atoms with van der Waals surface area (Å²) < 4.78 is 0. The molecule has 0 spiro atoms. The second-order valence-corrected chi connectivity index (χ2v) is 6.84. The molecule has 0 saturated heterocycles. The maximum atomic E-state index is 6.19. The maximum Gasteiger partial charge on any atom is 0.0110 e. The van der Waals surface area contributed by atoms with Gasteiger partial charge in [0.2, 0.25) is 0 Å². The third-order valence-electron chi connectivity index (χ3n) is 4.15. The van der Waals surface area contributed by atoms with E-state index in [-0.39, 0.29) is 0 Å². The van der Waals surface area contributed by atoms with Crippen LogP contribution in [-0.2, 0) is 11.8 Å². The number of fused-ring (bicyclic) bond motifs is 1. The summed E-state index contributed by atoms with van der Waals surface area (Å²) in [5.74, 6) is 0. The van der Waals surface area contributed by atoms with Gasteiger partial charge in [0.25, 0.3) is 0 Å². The van der Waals surface area contributed by atoms with Gasteiger partial charge in [-0.1, -0.05) is 19.1 Å². The van der Waals surface area contributed by atoms with Crippen molar-refractivity contribution in [1.82, 2.24) is 0 Å². The minimum Gasteiger partial charge on any atom is -0.327 e. The minimum absolute atomic E-state index is 0.292. The predicted molar refractivity (Wildman–Crippen MR) is 70.0 cm³/mol. The molecule has 2 heteroatoms. The quantitative estimate of drug-likeness (QED) is 0.849. The molecule has 0 bridgehead atoms. The van der Waals surface area contributed by atoms with Gasteiger partial charge in [0.05, 0.1) is 0 Å². The zero-order valence-electron chi connectivity index (χ0n) is 9.99. The van der Waals surface area contributed by atoms with Crippen LogP contribution < -0.4 is 5.73 Å². The van der Waals surface area contributed by atoms with Crippen molar-refractivity contribution in [2.75, 3.05) is 0 Å². The summed E-state index contributed by atoms with van der Waals surface area (Å²) in [6.45, 7) is 4.48. The van der Waals surface area contributed by atoms with Crippen molar-refractivity contribution in [3.05, 3.63) is 29.3 Å². The van der Waals surface area contributed by atoms with Crippen LogP contribution in [-0.4, -0.2) is 11.3 Å². The van der Waals surface area contributed by atoms with Gasteiger partial charge in [0.15, 0.2) is 0 Å². The Kier molecular flexibility index (Phi) is 2.34. The van der Waals surface area contributed by atoms with Crippen LogP contribution >= 0.6 is 11.8 Å². The van der Waals surface area contributed by atoms with Crippen molar-refractivity contribution in [3.8, 4) is 0 Å². The summed E-state index contributed by atoms with van der Waals surface area (Å²) in [7, 11) is 0. The number of rotatable bonds is 2. The van der Waals surface area contributed by atoms with E-state index in [0.29, 0.717) is 11.5 Å². The first-order chi connectivity index (χ1) is 7.63. The second-order valence-electron chi connectivity index (χ2n) is 5.36. The lowest BCUT2D eigenvalue weighted by atomic mass is 9.85. The van der Waals surface area contributed by atoms with Crippen LogP contribution in [0.25, 0.3) is 0 Å². The van der Waals surface area contributed by atoms with Crippen molar-refractivity contribution in [1.29, 1.82) is 0 Å². The van der Waals surface area contributed by atoms with Crippen molar-refractivity contribution in [2.24, 2.45) is 5.73 Å². The molecular formula is C14H19NS. The molecule has 16 heavy (non-hydrogen) atoms. The summed E-state index contributed by atoms with van der Waals surface area (Å²) in [4.78, 5) is 1.50. The largest absolute Gasteiger partial charge is 0.327 e. The molecule has 0 radical (unpaired) electrons. The molecule has 1 aromatic carbocycles. The topological polar surface area (TPSA) is 26.0 Å². The van der Waals surface area contributed by atoms with Crippen molar-refractivity contribution in [3.63, 3.8) is 0 Å². The number of benzene rings is 1. The first-order valence-corrected chi connectivity index (χ1v) is 7.06. The molecule has 2 aliphatic rings. The Morgan fingerprint density at radius 3 is 2.81 bits per heavy atom. The lowest BCUT2D eigenvalue weighted by molar-refractivity contribution is 0.550. The second kappa shape index (κ2) is 3.51. The van der Waals surface area contributed by atoms with Gasteiger partial charge in [-0.15, -0.1) is 11.8 Å². The maximum absolute atomic E-state index is 6.19. The third-order valence-corrected chi connectivity index (χ3v) is 5.35. The molecule has 3 rings (SSSR count). The number of nitrogens with two attached hydrogens (primary N) is 1. The molecular weight excluding hydrogens is 214 g/mol. The molecule has 1 fully saturated rings. The lowest BCUT2D eigenvalue weighted by Crippen LogP contribution is -2.32. The van der Waals surface area contributed by atoms with Gasteiger partial charge < -0.3 is 5.73 Å². The first kappa shape index (κ1) is 10.7. The molecule has 1 aliphatic heterocycles. The Bertz CT molecular complexity index is 421. The average molecular weight is 233 g/mol. The van der Waals surface area contributed by atoms with E-state index in [1.807, 2.05) is 11.8 Å². The van der Waals surface area contributed by atoms with Crippen LogP contribution in [0.1, 0.15) is 37.8 Å². The van der Waals surface area contributed by atoms with E-state index in [1.54, 1.807) is 11.1 Å². The summed E-state index contributed by atoms with van der Waals surface area (Å²) in [6.07, 6.45) is 3.78. The highest BCUT2D eigenvalue weighted by Gasteiger charge is 2.49. The molecule has 2 atom stereocenters. The van der Waals surface area contributed by atoms with Gasteiger partial charge in [-0.05, 0) is 43.4 Å². The Labute approximate surface area is 102 Å². The molecule has 0 amide bonds. The smallest absolute Gasteiger partial charge is 0.0110 e. The van der Waals surface area contributed by atoms with Crippen LogP contribution in [0.5, 0.6) is 0 Å². The molecule has 1 aliphatic carbocycles. The lowest BCUT2D eigenvalue weighted by Gasteiger charge is -2.23. The van der Waals surface area contributed by atoms with Crippen LogP contribution in [0.15, 0.2) is 23.1 Å². The highest BCUT2D eigenvalue weighted by molar-refractivity contribution is 8.00. The summed E-state index contributed by atoms with van der Waals surface area (Å²) >= 11 is 2.02. The van der Waals surface area contributed by atoms with Gasteiger partial charge >= 0.3 is 0 Å². The molecule has 2 N–H and O–H groups in total. The SMILES string of the molecule is CC1Cc2c(cccc2C2(C(C)N)CC2)S1. The zero-order valence-corrected chi connectivity index (χ0v) is 10.8. The Morgan fingerprint density at radius 1 is 1.44 bits per heavy atom. The van der Waals surface area contributed by atoms with Crippen molar-refractivity contribution >= 4 is 11.8 Å². The average Bonchev–Trinajstić information content (AvgIpc) is 2.94.